The van der Waals surface area contributed by atoms with E-state index in [4.69, 9.17) is 5.11 Å². The van der Waals surface area contributed by atoms with Crippen molar-refractivity contribution in [1.29, 1.82) is 0 Å². The fraction of sp³-hybridized carbons (Fsp3) is 0.385. The zero-order valence-corrected chi connectivity index (χ0v) is 11.6. The summed E-state index contributed by atoms with van der Waals surface area (Å²) in [4.78, 5) is 22.8. The molecule has 1 aromatic carbocycles. The van der Waals surface area contributed by atoms with E-state index < -0.39 is 17.7 Å². The van der Waals surface area contributed by atoms with Crippen molar-refractivity contribution in [3.63, 3.8) is 0 Å². The molecule has 2 rings (SSSR count). The third-order valence-electron chi connectivity index (χ3n) is 3.08. The van der Waals surface area contributed by atoms with Crippen molar-refractivity contribution in [2.45, 2.75) is 25.3 Å². The zero-order chi connectivity index (χ0) is 14.0. The maximum Gasteiger partial charge on any atom is 0.305 e. The van der Waals surface area contributed by atoms with E-state index in [1.807, 2.05) is 0 Å². The van der Waals surface area contributed by atoms with Crippen LogP contribution in [0.1, 0.15) is 29.6 Å². The number of hydrogen-bond acceptors (Lipinski definition) is 2. The number of carbonyl (C=O) groups is 2. The van der Waals surface area contributed by atoms with Gasteiger partial charge in [0, 0.05) is 10.5 Å². The van der Waals surface area contributed by atoms with Crippen LogP contribution in [-0.4, -0.2) is 23.0 Å². The summed E-state index contributed by atoms with van der Waals surface area (Å²) >= 11 is 3.18. The lowest BCUT2D eigenvalue weighted by molar-refractivity contribution is -0.137. The van der Waals surface area contributed by atoms with Gasteiger partial charge in [0.15, 0.2) is 0 Å². The summed E-state index contributed by atoms with van der Waals surface area (Å²) < 4.78 is 13.6. The molecule has 0 bridgehead atoms. The van der Waals surface area contributed by atoms with E-state index >= 15 is 0 Å². The van der Waals surface area contributed by atoms with Gasteiger partial charge in [0.05, 0.1) is 12.0 Å². The second-order valence-electron chi connectivity index (χ2n) is 4.64. The van der Waals surface area contributed by atoms with Crippen LogP contribution >= 0.6 is 15.9 Å². The van der Waals surface area contributed by atoms with Crippen molar-refractivity contribution in [2.75, 3.05) is 0 Å². The second kappa shape index (κ2) is 5.69. The molecule has 4 nitrogen and oxygen atoms in total. The number of nitrogens with one attached hydrogen (secondary N) is 1. The normalized spacial score (nSPS) is 15.9. The van der Waals surface area contributed by atoms with Gasteiger partial charge in [-0.2, -0.15) is 0 Å². The van der Waals surface area contributed by atoms with E-state index in [1.54, 1.807) is 0 Å². The van der Waals surface area contributed by atoms with Gasteiger partial charge in [-0.25, -0.2) is 4.39 Å². The van der Waals surface area contributed by atoms with Crippen LogP contribution in [0.25, 0.3) is 0 Å². The van der Waals surface area contributed by atoms with E-state index in [9.17, 15) is 14.0 Å². The molecular weight excluding hydrogens is 317 g/mol. The van der Waals surface area contributed by atoms with Crippen LogP contribution in [0.15, 0.2) is 22.7 Å². The SMILES string of the molecule is O=C(O)CC(NC(=O)c1cc(F)ccc1Br)C1CC1. The Morgan fingerprint density at radius 3 is 2.74 bits per heavy atom. The summed E-state index contributed by atoms with van der Waals surface area (Å²) in [6.07, 6.45) is 1.73. The van der Waals surface area contributed by atoms with Crippen LogP contribution in [0.2, 0.25) is 0 Å². The van der Waals surface area contributed by atoms with Gasteiger partial charge in [-0.1, -0.05) is 0 Å². The smallest absolute Gasteiger partial charge is 0.305 e. The predicted octanol–water partition coefficient (Wildman–Crippen LogP) is 2.57. The molecule has 1 fully saturated rings. The second-order valence-corrected chi connectivity index (χ2v) is 5.49. The maximum absolute atomic E-state index is 13.1. The Balaban J connectivity index is 2.10. The summed E-state index contributed by atoms with van der Waals surface area (Å²) in [5.41, 5.74) is 0.177. The van der Waals surface area contributed by atoms with Crippen molar-refractivity contribution in [1.82, 2.24) is 5.32 Å². The Kier molecular flexibility index (Phi) is 4.19. The van der Waals surface area contributed by atoms with Gasteiger partial charge in [-0.15, -0.1) is 0 Å². The molecule has 1 aliphatic rings. The van der Waals surface area contributed by atoms with Crippen molar-refractivity contribution in [3.05, 3.63) is 34.1 Å². The number of carbonyl (C=O) groups excluding carboxylic acids is 1. The number of hydrogen-bond donors (Lipinski definition) is 2. The molecule has 0 aromatic heterocycles. The summed E-state index contributed by atoms with van der Waals surface area (Å²) in [6.45, 7) is 0. The van der Waals surface area contributed by atoms with Crippen LogP contribution < -0.4 is 5.32 Å². The van der Waals surface area contributed by atoms with Gasteiger partial charge in [0.1, 0.15) is 5.82 Å². The Morgan fingerprint density at radius 2 is 2.16 bits per heavy atom. The Bertz CT molecular complexity index is 517. The number of carboxylic acids is 1. The third kappa shape index (κ3) is 3.76. The molecule has 19 heavy (non-hydrogen) atoms. The lowest BCUT2D eigenvalue weighted by atomic mass is 10.1. The molecule has 0 radical (unpaired) electrons. The molecule has 2 N–H and O–H groups in total. The minimum absolute atomic E-state index is 0.108. The number of aliphatic carboxylic acids is 1. The Hall–Kier alpha value is -1.43. The average Bonchev–Trinajstić information content (AvgIpc) is 3.14. The number of rotatable bonds is 5. The van der Waals surface area contributed by atoms with E-state index in [0.29, 0.717) is 4.47 Å². The van der Waals surface area contributed by atoms with Crippen LogP contribution in [0.5, 0.6) is 0 Å². The third-order valence-corrected chi connectivity index (χ3v) is 3.77. The highest BCUT2D eigenvalue weighted by molar-refractivity contribution is 9.10. The first-order valence-electron chi connectivity index (χ1n) is 5.95. The molecule has 0 heterocycles. The van der Waals surface area contributed by atoms with E-state index in [-0.39, 0.29) is 23.9 Å². The predicted molar refractivity (Wildman–Crippen MR) is 70.3 cm³/mol. The molecule has 0 spiro atoms. The highest BCUT2D eigenvalue weighted by atomic mass is 79.9. The number of halogens is 2. The van der Waals surface area contributed by atoms with Crippen molar-refractivity contribution in [2.24, 2.45) is 5.92 Å². The topological polar surface area (TPSA) is 66.4 Å². The first kappa shape index (κ1) is 14.0. The average molecular weight is 330 g/mol. The summed E-state index contributed by atoms with van der Waals surface area (Å²) in [5.74, 6) is -1.69. The number of carboxylic acid groups (broad SMARTS) is 1. The Labute approximate surface area is 118 Å². The lowest BCUT2D eigenvalue weighted by Crippen LogP contribution is -2.38. The van der Waals surface area contributed by atoms with Crippen LogP contribution in [0.3, 0.4) is 0 Å². The fourth-order valence-corrected chi connectivity index (χ4v) is 2.37. The van der Waals surface area contributed by atoms with Gasteiger partial charge in [-0.3, -0.25) is 9.59 Å². The number of benzene rings is 1. The molecule has 1 saturated carbocycles. The standard InChI is InChI=1S/C13H13BrFNO3/c14-10-4-3-8(15)5-9(10)13(19)16-11(6-12(17)18)7-1-2-7/h3-5,7,11H,1-2,6H2,(H,16,19)(H,17,18). The molecule has 1 aromatic rings. The molecule has 1 aliphatic carbocycles. The first-order valence-corrected chi connectivity index (χ1v) is 6.74. The lowest BCUT2D eigenvalue weighted by Gasteiger charge is -2.16. The molecule has 0 saturated heterocycles. The van der Waals surface area contributed by atoms with Gasteiger partial charge in [0.25, 0.3) is 5.91 Å². The summed E-state index contributed by atoms with van der Waals surface area (Å²) in [6, 6.07) is 3.44. The summed E-state index contributed by atoms with van der Waals surface area (Å²) in [7, 11) is 0. The van der Waals surface area contributed by atoms with E-state index in [1.165, 1.54) is 12.1 Å². The fourth-order valence-electron chi connectivity index (χ4n) is 1.94. The minimum Gasteiger partial charge on any atom is -0.481 e. The highest BCUT2D eigenvalue weighted by Crippen LogP contribution is 2.34. The summed E-state index contributed by atoms with van der Waals surface area (Å²) in [5, 5.41) is 11.5. The molecular formula is C13H13BrFNO3. The molecule has 6 heteroatoms. The molecule has 1 amide bonds. The molecule has 1 unspecified atom stereocenters. The molecule has 0 aliphatic heterocycles. The first-order chi connectivity index (χ1) is 8.97. The van der Waals surface area contributed by atoms with E-state index in [0.717, 1.165) is 18.9 Å². The van der Waals surface area contributed by atoms with Crippen LogP contribution in [0.4, 0.5) is 4.39 Å². The maximum atomic E-state index is 13.1. The minimum atomic E-state index is -0.949. The van der Waals surface area contributed by atoms with Crippen molar-refractivity contribution in [3.8, 4) is 0 Å². The molecule has 1 atom stereocenters. The van der Waals surface area contributed by atoms with E-state index in [2.05, 4.69) is 21.2 Å². The monoisotopic (exact) mass is 329 g/mol. The van der Waals surface area contributed by atoms with Crippen LogP contribution in [0, 0.1) is 11.7 Å². The van der Waals surface area contributed by atoms with Crippen molar-refractivity contribution >= 4 is 27.8 Å². The number of amides is 1. The Morgan fingerprint density at radius 1 is 1.47 bits per heavy atom. The zero-order valence-electron chi connectivity index (χ0n) is 10.0. The quantitative estimate of drug-likeness (QED) is 0.872. The molecule has 102 valence electrons. The van der Waals surface area contributed by atoms with Gasteiger partial charge < -0.3 is 10.4 Å². The van der Waals surface area contributed by atoms with Crippen molar-refractivity contribution < 1.29 is 19.1 Å². The van der Waals surface area contributed by atoms with Crippen LogP contribution in [-0.2, 0) is 4.79 Å². The van der Waals surface area contributed by atoms with Gasteiger partial charge >= 0.3 is 5.97 Å². The largest absolute Gasteiger partial charge is 0.481 e. The highest BCUT2D eigenvalue weighted by Gasteiger charge is 2.34. The van der Waals surface area contributed by atoms with Gasteiger partial charge in [0.2, 0.25) is 0 Å². The van der Waals surface area contributed by atoms with Gasteiger partial charge in [-0.05, 0) is 52.9 Å².